The predicted molar refractivity (Wildman–Crippen MR) is 103 cm³/mol. The van der Waals surface area contributed by atoms with Gasteiger partial charge in [-0.2, -0.15) is 0 Å². The summed E-state index contributed by atoms with van der Waals surface area (Å²) in [6, 6.07) is 8.80. The summed E-state index contributed by atoms with van der Waals surface area (Å²) in [5, 5.41) is 12.5. The third-order valence-corrected chi connectivity index (χ3v) is 5.02. The fraction of sp³-hybridized carbons (Fsp3) is 0.571. The van der Waals surface area contributed by atoms with Crippen LogP contribution >= 0.6 is 0 Å². The number of carboxylic acids is 1. The number of carbonyl (C=O) groups excluding carboxylic acids is 2. The SMILES string of the molecule is CC(C)CC(=O)NC(C(=O)N1CC(C(=O)O)C(c2ccccc2)C1)C(C)C. The van der Waals surface area contributed by atoms with Gasteiger partial charge in [-0.05, 0) is 17.4 Å². The Morgan fingerprint density at radius 1 is 1.11 bits per heavy atom. The number of hydrogen-bond acceptors (Lipinski definition) is 3. The number of rotatable bonds is 7. The van der Waals surface area contributed by atoms with Crippen LogP contribution in [-0.4, -0.2) is 46.9 Å². The lowest BCUT2D eigenvalue weighted by molar-refractivity contribution is -0.142. The zero-order valence-electron chi connectivity index (χ0n) is 16.5. The van der Waals surface area contributed by atoms with Gasteiger partial charge in [0.1, 0.15) is 6.04 Å². The molecular weight excluding hydrogens is 344 g/mol. The van der Waals surface area contributed by atoms with Gasteiger partial charge in [-0.1, -0.05) is 58.0 Å². The van der Waals surface area contributed by atoms with E-state index in [0.29, 0.717) is 13.0 Å². The molecule has 2 amide bonds. The van der Waals surface area contributed by atoms with Crippen LogP contribution in [0.5, 0.6) is 0 Å². The Morgan fingerprint density at radius 3 is 2.26 bits per heavy atom. The Hall–Kier alpha value is -2.37. The first-order valence-corrected chi connectivity index (χ1v) is 9.56. The monoisotopic (exact) mass is 374 g/mol. The second kappa shape index (κ2) is 9.02. The highest BCUT2D eigenvalue weighted by molar-refractivity contribution is 5.89. The fourth-order valence-electron chi connectivity index (χ4n) is 3.59. The summed E-state index contributed by atoms with van der Waals surface area (Å²) in [6.45, 7) is 8.19. The molecule has 0 bridgehead atoms. The molecule has 1 aromatic carbocycles. The van der Waals surface area contributed by atoms with Crippen molar-refractivity contribution in [3.05, 3.63) is 35.9 Å². The summed E-state index contributed by atoms with van der Waals surface area (Å²) in [7, 11) is 0. The molecule has 6 nitrogen and oxygen atoms in total. The standard InChI is InChI=1S/C21H30N2O4/c1-13(2)10-18(24)22-19(14(3)4)20(25)23-11-16(17(12-23)21(26)27)15-8-6-5-7-9-15/h5-9,13-14,16-17,19H,10-12H2,1-4H3,(H,22,24)(H,26,27). The summed E-state index contributed by atoms with van der Waals surface area (Å²) in [5.41, 5.74) is 0.921. The molecule has 0 aliphatic carbocycles. The Labute approximate surface area is 160 Å². The first-order chi connectivity index (χ1) is 12.7. The number of nitrogens with zero attached hydrogens (tertiary/aromatic N) is 1. The summed E-state index contributed by atoms with van der Waals surface area (Å²) in [6.07, 6.45) is 0.362. The molecule has 148 valence electrons. The van der Waals surface area contributed by atoms with Crippen LogP contribution < -0.4 is 5.32 Å². The molecule has 0 aromatic heterocycles. The second-order valence-corrected chi connectivity index (χ2v) is 8.09. The average Bonchev–Trinajstić information content (AvgIpc) is 3.04. The van der Waals surface area contributed by atoms with E-state index in [-0.39, 0.29) is 36.1 Å². The number of nitrogens with one attached hydrogen (secondary N) is 1. The number of carboxylic acid groups (broad SMARTS) is 1. The molecule has 3 atom stereocenters. The van der Waals surface area contributed by atoms with E-state index in [0.717, 1.165) is 5.56 Å². The maximum absolute atomic E-state index is 13.1. The van der Waals surface area contributed by atoms with E-state index in [2.05, 4.69) is 5.32 Å². The van der Waals surface area contributed by atoms with Crippen molar-refractivity contribution in [1.82, 2.24) is 10.2 Å². The largest absolute Gasteiger partial charge is 0.481 e. The summed E-state index contributed by atoms with van der Waals surface area (Å²) >= 11 is 0. The van der Waals surface area contributed by atoms with Crippen LogP contribution in [0.1, 0.15) is 45.6 Å². The molecule has 1 aliphatic heterocycles. The van der Waals surface area contributed by atoms with Crippen LogP contribution in [0.4, 0.5) is 0 Å². The molecule has 2 rings (SSSR count). The molecule has 0 spiro atoms. The van der Waals surface area contributed by atoms with E-state index in [1.165, 1.54) is 0 Å². The van der Waals surface area contributed by atoms with E-state index < -0.39 is 17.9 Å². The van der Waals surface area contributed by atoms with Crippen LogP contribution in [0.3, 0.4) is 0 Å². The molecular formula is C21H30N2O4. The molecule has 0 saturated carbocycles. The van der Waals surface area contributed by atoms with Crippen molar-refractivity contribution < 1.29 is 19.5 Å². The highest BCUT2D eigenvalue weighted by atomic mass is 16.4. The van der Waals surface area contributed by atoms with Crippen LogP contribution in [0, 0.1) is 17.8 Å². The summed E-state index contributed by atoms with van der Waals surface area (Å²) in [4.78, 5) is 38.6. The molecule has 6 heteroatoms. The lowest BCUT2D eigenvalue weighted by Crippen LogP contribution is -2.51. The highest BCUT2D eigenvalue weighted by Crippen LogP contribution is 2.33. The maximum atomic E-state index is 13.1. The molecule has 1 aliphatic rings. The van der Waals surface area contributed by atoms with Gasteiger partial charge in [0, 0.05) is 25.4 Å². The van der Waals surface area contributed by atoms with Gasteiger partial charge in [0.25, 0.3) is 0 Å². The van der Waals surface area contributed by atoms with E-state index in [9.17, 15) is 19.5 Å². The fourth-order valence-corrected chi connectivity index (χ4v) is 3.59. The third kappa shape index (κ3) is 5.31. The zero-order chi connectivity index (χ0) is 20.1. The first kappa shape index (κ1) is 20.9. The smallest absolute Gasteiger partial charge is 0.308 e. The minimum absolute atomic E-state index is 0.0762. The Bertz CT molecular complexity index is 672. The first-order valence-electron chi connectivity index (χ1n) is 9.56. The third-order valence-electron chi connectivity index (χ3n) is 5.02. The summed E-state index contributed by atoms with van der Waals surface area (Å²) in [5.74, 6) is -2.00. The van der Waals surface area contributed by atoms with E-state index in [1.807, 2.05) is 58.0 Å². The van der Waals surface area contributed by atoms with Crippen molar-refractivity contribution in [3.8, 4) is 0 Å². The van der Waals surface area contributed by atoms with Gasteiger partial charge in [-0.15, -0.1) is 0 Å². The molecule has 27 heavy (non-hydrogen) atoms. The predicted octanol–water partition coefficient (Wildman–Crippen LogP) is 2.50. The van der Waals surface area contributed by atoms with Crippen LogP contribution in [-0.2, 0) is 14.4 Å². The van der Waals surface area contributed by atoms with Gasteiger partial charge >= 0.3 is 5.97 Å². The van der Waals surface area contributed by atoms with Crippen molar-refractivity contribution >= 4 is 17.8 Å². The number of benzene rings is 1. The second-order valence-electron chi connectivity index (χ2n) is 8.09. The number of hydrogen-bond donors (Lipinski definition) is 2. The number of amides is 2. The van der Waals surface area contributed by atoms with Gasteiger partial charge in [-0.3, -0.25) is 14.4 Å². The Kier molecular flexibility index (Phi) is 6.99. The van der Waals surface area contributed by atoms with E-state index in [4.69, 9.17) is 0 Å². The maximum Gasteiger partial charge on any atom is 0.308 e. The molecule has 1 aromatic rings. The quantitative estimate of drug-likeness (QED) is 0.768. The van der Waals surface area contributed by atoms with Crippen molar-refractivity contribution in [2.45, 2.75) is 46.1 Å². The minimum atomic E-state index is -0.899. The Balaban J connectivity index is 2.16. The number of carbonyl (C=O) groups is 3. The normalized spacial score (nSPS) is 20.7. The minimum Gasteiger partial charge on any atom is -0.481 e. The number of likely N-dealkylation sites (tertiary alicyclic amines) is 1. The molecule has 1 saturated heterocycles. The van der Waals surface area contributed by atoms with Gasteiger partial charge < -0.3 is 15.3 Å². The van der Waals surface area contributed by atoms with Crippen molar-refractivity contribution in [1.29, 1.82) is 0 Å². The van der Waals surface area contributed by atoms with Crippen molar-refractivity contribution in [2.75, 3.05) is 13.1 Å². The van der Waals surface area contributed by atoms with E-state index >= 15 is 0 Å². The zero-order valence-corrected chi connectivity index (χ0v) is 16.5. The lowest BCUT2D eigenvalue weighted by atomic mass is 9.89. The summed E-state index contributed by atoms with van der Waals surface area (Å²) < 4.78 is 0. The van der Waals surface area contributed by atoms with E-state index in [1.54, 1.807) is 4.90 Å². The molecule has 1 fully saturated rings. The van der Waals surface area contributed by atoms with Crippen LogP contribution in [0.2, 0.25) is 0 Å². The number of aliphatic carboxylic acids is 1. The molecule has 0 radical (unpaired) electrons. The average molecular weight is 374 g/mol. The Morgan fingerprint density at radius 2 is 1.74 bits per heavy atom. The van der Waals surface area contributed by atoms with Gasteiger partial charge in [-0.25, -0.2) is 0 Å². The van der Waals surface area contributed by atoms with Gasteiger partial charge in [0.2, 0.25) is 11.8 Å². The van der Waals surface area contributed by atoms with Gasteiger partial charge in [0.05, 0.1) is 5.92 Å². The van der Waals surface area contributed by atoms with Gasteiger partial charge in [0.15, 0.2) is 0 Å². The van der Waals surface area contributed by atoms with Crippen molar-refractivity contribution in [2.24, 2.45) is 17.8 Å². The van der Waals surface area contributed by atoms with Crippen LogP contribution in [0.15, 0.2) is 30.3 Å². The topological polar surface area (TPSA) is 86.7 Å². The molecule has 2 N–H and O–H groups in total. The van der Waals surface area contributed by atoms with Crippen LogP contribution in [0.25, 0.3) is 0 Å². The molecule has 1 heterocycles. The molecule has 3 unspecified atom stereocenters. The van der Waals surface area contributed by atoms with Crippen molar-refractivity contribution in [3.63, 3.8) is 0 Å². The highest BCUT2D eigenvalue weighted by Gasteiger charge is 2.42. The lowest BCUT2D eigenvalue weighted by Gasteiger charge is -2.27.